The first-order valence-corrected chi connectivity index (χ1v) is 12.4. The first-order valence-electron chi connectivity index (χ1n) is 12.4. The fourth-order valence-corrected chi connectivity index (χ4v) is 4.98. The third-order valence-electron chi connectivity index (χ3n) is 6.94. The van der Waals surface area contributed by atoms with Crippen molar-refractivity contribution in [3.63, 3.8) is 0 Å². The molecule has 3 aromatic carbocycles. The van der Waals surface area contributed by atoms with Crippen molar-refractivity contribution in [1.29, 1.82) is 0 Å². The Kier molecular flexibility index (Phi) is 6.70. The Morgan fingerprint density at radius 2 is 1.74 bits per heavy atom. The molecule has 1 heterocycles. The SMILES string of the molecule is CN(C(=O)c1cccc(Cn2c(N)nc3ccc(Oc4ccccc4)cc32)c1)C1CCCCCC1. The van der Waals surface area contributed by atoms with E-state index in [1.165, 1.54) is 25.7 Å². The smallest absolute Gasteiger partial charge is 0.253 e. The van der Waals surface area contributed by atoms with Crippen LogP contribution in [0.3, 0.4) is 0 Å². The molecule has 4 aromatic rings. The number of nitrogens with two attached hydrogens (primary N) is 1. The molecule has 1 amide bonds. The molecule has 0 spiro atoms. The van der Waals surface area contributed by atoms with Gasteiger partial charge < -0.3 is 19.9 Å². The van der Waals surface area contributed by atoms with Crippen LogP contribution in [-0.2, 0) is 6.54 Å². The summed E-state index contributed by atoms with van der Waals surface area (Å²) in [5.41, 5.74) is 9.72. The van der Waals surface area contributed by atoms with Crippen molar-refractivity contribution < 1.29 is 9.53 Å². The number of amides is 1. The van der Waals surface area contributed by atoms with E-state index in [1.807, 2.05) is 89.3 Å². The number of para-hydroxylation sites is 1. The molecule has 0 atom stereocenters. The quantitative estimate of drug-likeness (QED) is 0.339. The predicted octanol–water partition coefficient (Wildman–Crippen LogP) is 6.25. The van der Waals surface area contributed by atoms with Crippen LogP contribution in [-0.4, -0.2) is 33.4 Å². The van der Waals surface area contributed by atoms with Gasteiger partial charge in [0.25, 0.3) is 5.91 Å². The van der Waals surface area contributed by atoms with Gasteiger partial charge in [0.15, 0.2) is 0 Å². The van der Waals surface area contributed by atoms with Gasteiger partial charge in [-0.25, -0.2) is 4.98 Å². The molecule has 0 bridgehead atoms. The van der Waals surface area contributed by atoms with Gasteiger partial charge in [0, 0.05) is 24.7 Å². The number of rotatable bonds is 6. The summed E-state index contributed by atoms with van der Waals surface area (Å²) in [5.74, 6) is 2.01. The van der Waals surface area contributed by atoms with E-state index in [0.29, 0.717) is 24.1 Å². The molecule has 1 saturated carbocycles. The summed E-state index contributed by atoms with van der Waals surface area (Å²) >= 11 is 0. The van der Waals surface area contributed by atoms with Crippen LogP contribution in [0.2, 0.25) is 0 Å². The second kappa shape index (κ2) is 10.2. The molecule has 0 radical (unpaired) electrons. The van der Waals surface area contributed by atoms with E-state index in [9.17, 15) is 4.79 Å². The number of nitrogen functional groups attached to an aromatic ring is 1. The van der Waals surface area contributed by atoms with Gasteiger partial charge in [-0.15, -0.1) is 0 Å². The van der Waals surface area contributed by atoms with Gasteiger partial charge in [-0.1, -0.05) is 56.0 Å². The highest BCUT2D eigenvalue weighted by Crippen LogP contribution is 2.28. The highest BCUT2D eigenvalue weighted by molar-refractivity contribution is 5.94. The Morgan fingerprint density at radius 3 is 2.51 bits per heavy atom. The number of hydrogen-bond acceptors (Lipinski definition) is 4. The van der Waals surface area contributed by atoms with Crippen molar-refractivity contribution in [2.75, 3.05) is 12.8 Å². The van der Waals surface area contributed by atoms with Gasteiger partial charge in [0.05, 0.1) is 17.6 Å². The summed E-state index contributed by atoms with van der Waals surface area (Å²) in [5, 5.41) is 0. The molecule has 5 rings (SSSR count). The zero-order chi connectivity index (χ0) is 24.2. The summed E-state index contributed by atoms with van der Waals surface area (Å²) in [7, 11) is 1.95. The summed E-state index contributed by atoms with van der Waals surface area (Å²) in [6.45, 7) is 0.519. The fraction of sp³-hybridized carbons (Fsp3) is 0.310. The molecule has 6 nitrogen and oxygen atoms in total. The molecule has 1 fully saturated rings. The van der Waals surface area contributed by atoms with E-state index in [2.05, 4.69) is 4.98 Å². The molecule has 0 saturated heterocycles. The molecule has 0 aliphatic heterocycles. The van der Waals surface area contributed by atoms with Crippen molar-refractivity contribution in [2.24, 2.45) is 0 Å². The summed E-state index contributed by atoms with van der Waals surface area (Å²) in [6, 6.07) is 23.6. The molecular weight excluding hydrogens is 436 g/mol. The minimum absolute atomic E-state index is 0.0840. The van der Waals surface area contributed by atoms with Crippen LogP contribution < -0.4 is 10.5 Å². The average Bonchev–Trinajstić information content (AvgIpc) is 3.05. The minimum atomic E-state index is 0.0840. The molecule has 6 heteroatoms. The Morgan fingerprint density at radius 1 is 0.971 bits per heavy atom. The Bertz CT molecular complexity index is 1310. The Balaban J connectivity index is 1.38. The van der Waals surface area contributed by atoms with Crippen LogP contribution in [0.25, 0.3) is 11.0 Å². The van der Waals surface area contributed by atoms with Crippen LogP contribution in [0, 0.1) is 0 Å². The number of nitrogens with zero attached hydrogens (tertiary/aromatic N) is 3. The normalized spacial score (nSPS) is 14.5. The number of carbonyl (C=O) groups is 1. The number of imidazole rings is 1. The lowest BCUT2D eigenvalue weighted by Gasteiger charge is -2.27. The molecule has 1 aliphatic rings. The number of carbonyl (C=O) groups excluding carboxylic acids is 1. The van der Waals surface area contributed by atoms with E-state index in [-0.39, 0.29) is 5.91 Å². The summed E-state index contributed by atoms with van der Waals surface area (Å²) in [6.07, 6.45) is 7.12. The van der Waals surface area contributed by atoms with Gasteiger partial charge in [-0.3, -0.25) is 4.79 Å². The zero-order valence-electron chi connectivity index (χ0n) is 20.2. The van der Waals surface area contributed by atoms with Gasteiger partial charge in [0.2, 0.25) is 5.95 Å². The molecular formula is C29H32N4O2. The maximum atomic E-state index is 13.3. The van der Waals surface area contributed by atoms with Crippen molar-refractivity contribution in [2.45, 2.75) is 51.1 Å². The van der Waals surface area contributed by atoms with Crippen molar-refractivity contribution in [1.82, 2.24) is 14.5 Å². The lowest BCUT2D eigenvalue weighted by molar-refractivity contribution is 0.0717. The average molecular weight is 469 g/mol. The highest BCUT2D eigenvalue weighted by Gasteiger charge is 2.22. The first-order chi connectivity index (χ1) is 17.1. The second-order valence-electron chi connectivity index (χ2n) is 9.38. The van der Waals surface area contributed by atoms with Gasteiger partial charge >= 0.3 is 0 Å². The number of benzene rings is 3. The largest absolute Gasteiger partial charge is 0.457 e. The van der Waals surface area contributed by atoms with Gasteiger partial charge in [-0.2, -0.15) is 0 Å². The topological polar surface area (TPSA) is 73.4 Å². The predicted molar refractivity (Wildman–Crippen MR) is 140 cm³/mol. The third-order valence-corrected chi connectivity index (χ3v) is 6.94. The lowest BCUT2D eigenvalue weighted by atomic mass is 10.0. The fourth-order valence-electron chi connectivity index (χ4n) is 4.98. The van der Waals surface area contributed by atoms with E-state index in [0.717, 1.165) is 40.9 Å². The Hall–Kier alpha value is -3.80. The number of aromatic nitrogens is 2. The number of fused-ring (bicyclic) bond motifs is 1. The van der Waals surface area contributed by atoms with E-state index in [4.69, 9.17) is 10.5 Å². The Labute approximate surface area is 206 Å². The second-order valence-corrected chi connectivity index (χ2v) is 9.38. The maximum Gasteiger partial charge on any atom is 0.253 e. The van der Waals surface area contributed by atoms with E-state index in [1.54, 1.807) is 0 Å². The van der Waals surface area contributed by atoms with Crippen LogP contribution in [0.15, 0.2) is 72.8 Å². The van der Waals surface area contributed by atoms with E-state index >= 15 is 0 Å². The van der Waals surface area contributed by atoms with Gasteiger partial charge in [0.1, 0.15) is 11.5 Å². The molecule has 35 heavy (non-hydrogen) atoms. The molecule has 1 aliphatic carbocycles. The number of ether oxygens (including phenoxy) is 1. The third kappa shape index (κ3) is 5.16. The van der Waals surface area contributed by atoms with Crippen molar-refractivity contribution >= 4 is 22.9 Å². The van der Waals surface area contributed by atoms with Crippen LogP contribution in [0.5, 0.6) is 11.5 Å². The number of hydrogen-bond donors (Lipinski definition) is 1. The lowest BCUT2D eigenvalue weighted by Crippen LogP contribution is -2.36. The van der Waals surface area contributed by atoms with Crippen LogP contribution in [0.4, 0.5) is 5.95 Å². The monoisotopic (exact) mass is 468 g/mol. The van der Waals surface area contributed by atoms with Crippen LogP contribution in [0.1, 0.15) is 54.4 Å². The molecule has 2 N–H and O–H groups in total. The maximum absolute atomic E-state index is 13.3. The minimum Gasteiger partial charge on any atom is -0.457 e. The highest BCUT2D eigenvalue weighted by atomic mass is 16.5. The number of anilines is 1. The van der Waals surface area contributed by atoms with Crippen LogP contribution >= 0.6 is 0 Å². The summed E-state index contributed by atoms with van der Waals surface area (Å²) < 4.78 is 7.98. The first kappa shape index (κ1) is 23.0. The molecule has 0 unspecified atom stereocenters. The summed E-state index contributed by atoms with van der Waals surface area (Å²) in [4.78, 5) is 19.7. The molecule has 180 valence electrons. The molecule has 1 aromatic heterocycles. The standard InChI is InChI=1S/C29H32N4O2/c1-32(23-12-5-2-3-6-13-23)28(34)22-11-9-10-21(18-22)20-33-27-19-25(16-17-26(27)31-29(33)30)35-24-14-7-4-8-15-24/h4,7-11,14-19,23H,2-3,5-6,12-13,20H2,1H3,(H2,30,31). The van der Waals surface area contributed by atoms with Crippen molar-refractivity contribution in [3.05, 3.63) is 83.9 Å². The van der Waals surface area contributed by atoms with Gasteiger partial charge in [-0.05, 0) is 54.8 Å². The van der Waals surface area contributed by atoms with Crippen molar-refractivity contribution in [3.8, 4) is 11.5 Å². The zero-order valence-corrected chi connectivity index (χ0v) is 20.2. The van der Waals surface area contributed by atoms with E-state index < -0.39 is 0 Å².